The van der Waals surface area contributed by atoms with Crippen LogP contribution in [0.2, 0.25) is 5.02 Å². The first kappa shape index (κ1) is 14.8. The predicted octanol–water partition coefficient (Wildman–Crippen LogP) is 1.39. The lowest BCUT2D eigenvalue weighted by atomic mass is 10.2. The molecule has 2 aromatic rings. The molecule has 1 unspecified atom stereocenters. The standard InChI is InChI=1S/C11H14ClN5O2S/c1-6-9(13)3-8(12)4-10(6)20(18,19)17-7(2)11-14-5-15-16-11/h3-5,7,17H,13H2,1-2H3,(H,14,15,16). The van der Waals surface area contributed by atoms with Crippen molar-refractivity contribution in [2.24, 2.45) is 0 Å². The van der Waals surface area contributed by atoms with Gasteiger partial charge in [0.2, 0.25) is 10.0 Å². The molecule has 7 nitrogen and oxygen atoms in total. The molecule has 2 rings (SSSR count). The van der Waals surface area contributed by atoms with Crippen molar-refractivity contribution >= 4 is 27.3 Å². The summed E-state index contributed by atoms with van der Waals surface area (Å²) < 4.78 is 27.2. The molecule has 0 aliphatic carbocycles. The Balaban J connectivity index is 2.36. The minimum Gasteiger partial charge on any atom is -0.398 e. The van der Waals surface area contributed by atoms with E-state index in [0.29, 0.717) is 17.1 Å². The Morgan fingerprint density at radius 1 is 1.45 bits per heavy atom. The SMILES string of the molecule is Cc1c(N)cc(Cl)cc1S(=O)(=O)NC(C)c1ncn[nH]1. The number of benzene rings is 1. The molecule has 9 heteroatoms. The fourth-order valence-electron chi connectivity index (χ4n) is 1.73. The van der Waals surface area contributed by atoms with Gasteiger partial charge in [0.1, 0.15) is 12.2 Å². The zero-order valence-electron chi connectivity index (χ0n) is 10.9. The van der Waals surface area contributed by atoms with Crippen molar-refractivity contribution in [2.45, 2.75) is 24.8 Å². The summed E-state index contributed by atoms with van der Waals surface area (Å²) in [5, 5.41) is 6.55. The largest absolute Gasteiger partial charge is 0.398 e. The summed E-state index contributed by atoms with van der Waals surface area (Å²) in [6, 6.07) is 2.32. The second kappa shape index (κ2) is 5.39. The number of sulfonamides is 1. The minimum absolute atomic E-state index is 0.0499. The number of aromatic amines is 1. The first-order valence-corrected chi connectivity index (χ1v) is 7.60. The zero-order chi connectivity index (χ0) is 14.9. The Morgan fingerprint density at radius 3 is 2.75 bits per heavy atom. The van der Waals surface area contributed by atoms with Gasteiger partial charge >= 0.3 is 0 Å². The Labute approximate surface area is 121 Å². The summed E-state index contributed by atoms with van der Waals surface area (Å²) in [5.74, 6) is 0.418. The summed E-state index contributed by atoms with van der Waals surface area (Å²) in [6.45, 7) is 3.28. The van der Waals surface area contributed by atoms with Gasteiger partial charge in [-0.1, -0.05) is 11.6 Å². The van der Waals surface area contributed by atoms with Crippen LogP contribution in [0.25, 0.3) is 0 Å². The number of anilines is 1. The first-order valence-electron chi connectivity index (χ1n) is 5.74. The van der Waals surface area contributed by atoms with Gasteiger partial charge in [-0.2, -0.15) is 5.10 Å². The topological polar surface area (TPSA) is 114 Å². The number of H-pyrrole nitrogens is 1. The number of halogens is 1. The molecule has 1 aromatic carbocycles. The summed E-state index contributed by atoms with van der Waals surface area (Å²) in [6.07, 6.45) is 1.31. The summed E-state index contributed by atoms with van der Waals surface area (Å²) >= 11 is 5.86. The lowest BCUT2D eigenvalue weighted by Gasteiger charge is -2.14. The smallest absolute Gasteiger partial charge is 0.241 e. The van der Waals surface area contributed by atoms with E-state index in [1.807, 2.05) is 0 Å². The molecular formula is C11H14ClN5O2S. The van der Waals surface area contributed by atoms with E-state index in [1.54, 1.807) is 13.8 Å². The van der Waals surface area contributed by atoms with Gasteiger partial charge in [0.15, 0.2) is 0 Å². The van der Waals surface area contributed by atoms with Gasteiger partial charge in [0.25, 0.3) is 0 Å². The van der Waals surface area contributed by atoms with E-state index >= 15 is 0 Å². The number of rotatable bonds is 4. The molecule has 20 heavy (non-hydrogen) atoms. The van der Waals surface area contributed by atoms with Crippen LogP contribution >= 0.6 is 11.6 Å². The lowest BCUT2D eigenvalue weighted by Crippen LogP contribution is -2.28. The molecule has 0 saturated carbocycles. The minimum atomic E-state index is -3.76. The molecule has 0 aliphatic rings. The van der Waals surface area contributed by atoms with E-state index < -0.39 is 16.1 Å². The second-order valence-corrected chi connectivity index (χ2v) is 6.45. The molecule has 0 amide bonds. The number of nitrogens with two attached hydrogens (primary N) is 1. The van der Waals surface area contributed by atoms with Gasteiger partial charge in [0.05, 0.1) is 10.9 Å². The average molecular weight is 316 g/mol. The van der Waals surface area contributed by atoms with Gasteiger partial charge in [0, 0.05) is 10.7 Å². The van der Waals surface area contributed by atoms with Crippen LogP contribution in [0.5, 0.6) is 0 Å². The molecule has 0 spiro atoms. The highest BCUT2D eigenvalue weighted by atomic mass is 35.5. The highest BCUT2D eigenvalue weighted by Gasteiger charge is 2.23. The van der Waals surface area contributed by atoms with Gasteiger partial charge in [-0.3, -0.25) is 5.10 Å². The quantitative estimate of drug-likeness (QED) is 0.738. The second-order valence-electron chi connectivity index (χ2n) is 4.33. The van der Waals surface area contributed by atoms with E-state index in [2.05, 4.69) is 19.9 Å². The Hall–Kier alpha value is -1.64. The normalized spacial score (nSPS) is 13.3. The van der Waals surface area contributed by atoms with Crippen molar-refractivity contribution in [3.8, 4) is 0 Å². The molecule has 1 aromatic heterocycles. The van der Waals surface area contributed by atoms with E-state index in [1.165, 1.54) is 18.5 Å². The molecule has 1 atom stereocenters. The molecule has 0 bridgehead atoms. The average Bonchev–Trinajstić information content (AvgIpc) is 2.86. The molecule has 108 valence electrons. The maximum atomic E-state index is 12.4. The molecule has 1 heterocycles. The fourth-order valence-corrected chi connectivity index (χ4v) is 3.53. The number of hydrogen-bond acceptors (Lipinski definition) is 5. The van der Waals surface area contributed by atoms with Crippen molar-refractivity contribution < 1.29 is 8.42 Å². The fraction of sp³-hybridized carbons (Fsp3) is 0.273. The van der Waals surface area contributed by atoms with Crippen LogP contribution < -0.4 is 10.5 Å². The predicted molar refractivity (Wildman–Crippen MR) is 75.7 cm³/mol. The van der Waals surface area contributed by atoms with E-state index in [-0.39, 0.29) is 9.92 Å². The Kier molecular flexibility index (Phi) is 3.98. The number of nitrogens with one attached hydrogen (secondary N) is 2. The van der Waals surface area contributed by atoms with Crippen LogP contribution in [0.1, 0.15) is 24.4 Å². The van der Waals surface area contributed by atoms with Crippen LogP contribution in [-0.4, -0.2) is 23.6 Å². The van der Waals surface area contributed by atoms with Gasteiger partial charge in [-0.15, -0.1) is 0 Å². The molecule has 0 radical (unpaired) electrons. The van der Waals surface area contributed by atoms with Crippen LogP contribution in [0.4, 0.5) is 5.69 Å². The van der Waals surface area contributed by atoms with Crippen molar-refractivity contribution in [1.29, 1.82) is 0 Å². The maximum absolute atomic E-state index is 12.4. The molecule has 4 N–H and O–H groups in total. The first-order chi connectivity index (χ1) is 9.31. The zero-order valence-corrected chi connectivity index (χ0v) is 12.5. The summed E-state index contributed by atoms with van der Waals surface area (Å²) in [7, 11) is -3.76. The van der Waals surface area contributed by atoms with Crippen LogP contribution in [0.3, 0.4) is 0 Å². The third-order valence-corrected chi connectivity index (χ3v) is 4.72. The molecule has 0 saturated heterocycles. The number of nitrogens with zero attached hydrogens (tertiary/aromatic N) is 2. The van der Waals surface area contributed by atoms with Crippen molar-refractivity contribution in [3.05, 3.63) is 34.9 Å². The van der Waals surface area contributed by atoms with E-state index in [4.69, 9.17) is 17.3 Å². The van der Waals surface area contributed by atoms with Crippen LogP contribution in [0, 0.1) is 6.92 Å². The van der Waals surface area contributed by atoms with Crippen LogP contribution in [0.15, 0.2) is 23.4 Å². The third kappa shape index (κ3) is 2.92. The molecule has 0 aliphatic heterocycles. The number of nitrogen functional groups attached to an aromatic ring is 1. The van der Waals surface area contributed by atoms with Crippen molar-refractivity contribution in [1.82, 2.24) is 19.9 Å². The van der Waals surface area contributed by atoms with E-state index in [0.717, 1.165) is 0 Å². The third-order valence-electron chi connectivity index (χ3n) is 2.83. The van der Waals surface area contributed by atoms with Crippen molar-refractivity contribution in [3.63, 3.8) is 0 Å². The number of hydrogen-bond donors (Lipinski definition) is 3. The molecule has 0 fully saturated rings. The Bertz CT molecular complexity index is 715. The monoisotopic (exact) mass is 315 g/mol. The lowest BCUT2D eigenvalue weighted by molar-refractivity contribution is 0.560. The highest BCUT2D eigenvalue weighted by molar-refractivity contribution is 7.89. The van der Waals surface area contributed by atoms with Gasteiger partial charge < -0.3 is 5.73 Å². The molecular weight excluding hydrogens is 302 g/mol. The maximum Gasteiger partial charge on any atom is 0.241 e. The highest BCUT2D eigenvalue weighted by Crippen LogP contribution is 2.26. The summed E-state index contributed by atoms with van der Waals surface area (Å²) in [4.78, 5) is 3.96. The van der Waals surface area contributed by atoms with Crippen molar-refractivity contribution in [2.75, 3.05) is 5.73 Å². The van der Waals surface area contributed by atoms with Gasteiger partial charge in [-0.25, -0.2) is 18.1 Å². The van der Waals surface area contributed by atoms with E-state index in [9.17, 15) is 8.42 Å². The van der Waals surface area contributed by atoms with Crippen LogP contribution in [-0.2, 0) is 10.0 Å². The summed E-state index contributed by atoms with van der Waals surface area (Å²) in [5.41, 5.74) is 6.51. The number of aromatic nitrogens is 3. The Morgan fingerprint density at radius 2 is 2.15 bits per heavy atom. The van der Waals surface area contributed by atoms with Gasteiger partial charge in [-0.05, 0) is 31.5 Å².